The minimum Gasteiger partial charge on any atom is -0.454 e. The molecule has 5 rings (SSSR count). The van der Waals surface area contributed by atoms with E-state index < -0.39 is 10.0 Å². The van der Waals surface area contributed by atoms with Crippen LogP contribution in [0.4, 0.5) is 5.69 Å². The Morgan fingerprint density at radius 3 is 2.31 bits per heavy atom. The molecule has 0 spiro atoms. The zero-order valence-corrected chi connectivity index (χ0v) is 23.0. The fraction of sp³-hybridized carbons (Fsp3) is 0.500. The summed E-state index contributed by atoms with van der Waals surface area (Å²) in [6.07, 6.45) is 3.22. The lowest BCUT2D eigenvalue weighted by atomic mass is 9.81. The normalized spacial score (nSPS) is 21.5. The number of carbonyl (C=O) groups excluding carboxylic acids is 2. The molecule has 2 fully saturated rings. The van der Waals surface area contributed by atoms with Crippen LogP contribution in [0, 0.1) is 11.8 Å². The van der Waals surface area contributed by atoms with Gasteiger partial charge in [-0.3, -0.25) is 14.5 Å². The highest BCUT2D eigenvalue weighted by molar-refractivity contribution is 7.89. The minimum atomic E-state index is -3.64. The Bertz CT molecular complexity index is 1280. The Kier molecular flexibility index (Phi) is 8.39. The van der Waals surface area contributed by atoms with Gasteiger partial charge < -0.3 is 19.7 Å². The van der Waals surface area contributed by atoms with E-state index in [1.807, 2.05) is 17.0 Å². The molecule has 39 heavy (non-hydrogen) atoms. The average Bonchev–Trinajstić information content (AvgIpc) is 3.40. The molecule has 0 radical (unpaired) electrons. The SMILES string of the molecule is CC(=O)Nc1ccc(S(=O)(=O)NCC2CCC(C(=O)N3CCN(Cc4ccc5c(c4)OCO5)CC3)CC2)cc1. The van der Waals surface area contributed by atoms with Crippen LogP contribution in [0.2, 0.25) is 0 Å². The highest BCUT2D eigenvalue weighted by Crippen LogP contribution is 2.33. The summed E-state index contributed by atoms with van der Waals surface area (Å²) in [5.41, 5.74) is 1.73. The second-order valence-electron chi connectivity index (χ2n) is 10.6. The molecular formula is C28H36N4O6S. The topological polar surface area (TPSA) is 117 Å². The van der Waals surface area contributed by atoms with E-state index in [-0.39, 0.29) is 35.3 Å². The Morgan fingerprint density at radius 1 is 0.923 bits per heavy atom. The summed E-state index contributed by atoms with van der Waals surface area (Å²) in [4.78, 5) is 28.9. The van der Waals surface area contributed by atoms with E-state index in [1.165, 1.54) is 24.6 Å². The first-order valence-electron chi connectivity index (χ1n) is 13.5. The molecule has 2 aromatic carbocycles. The van der Waals surface area contributed by atoms with Crippen molar-refractivity contribution < 1.29 is 27.5 Å². The summed E-state index contributed by atoms with van der Waals surface area (Å²) >= 11 is 0. The predicted octanol–water partition coefficient (Wildman–Crippen LogP) is 2.80. The van der Waals surface area contributed by atoms with Crippen LogP contribution in [-0.4, -0.2) is 69.5 Å². The molecule has 0 aromatic heterocycles. The van der Waals surface area contributed by atoms with Gasteiger partial charge in [0, 0.05) is 57.8 Å². The maximum Gasteiger partial charge on any atom is 0.240 e. The zero-order chi connectivity index (χ0) is 27.4. The third-order valence-corrected chi connectivity index (χ3v) is 9.21. The number of hydrogen-bond donors (Lipinski definition) is 2. The standard InChI is InChI=1S/C28H36N4O6S/c1-20(33)30-24-7-9-25(10-8-24)39(35,36)29-17-21-2-5-23(6-3-21)28(34)32-14-12-31(13-15-32)18-22-4-11-26-27(16-22)38-19-37-26/h4,7-11,16,21,23,29H,2-3,5-6,12-15,17-19H2,1H3,(H,30,33). The maximum atomic E-state index is 13.2. The number of piperazine rings is 1. The molecule has 2 amide bonds. The van der Waals surface area contributed by atoms with Gasteiger partial charge in [0.1, 0.15) is 0 Å². The van der Waals surface area contributed by atoms with Gasteiger partial charge in [-0.15, -0.1) is 0 Å². The lowest BCUT2D eigenvalue weighted by Gasteiger charge is -2.38. The van der Waals surface area contributed by atoms with E-state index >= 15 is 0 Å². The molecule has 2 N–H and O–H groups in total. The molecular weight excluding hydrogens is 520 g/mol. The van der Waals surface area contributed by atoms with Crippen molar-refractivity contribution in [2.45, 2.75) is 44.0 Å². The largest absolute Gasteiger partial charge is 0.454 e. The number of benzene rings is 2. The number of carbonyl (C=O) groups is 2. The van der Waals surface area contributed by atoms with Crippen molar-refractivity contribution >= 4 is 27.5 Å². The number of ether oxygens (including phenoxy) is 2. The van der Waals surface area contributed by atoms with E-state index in [2.05, 4.69) is 21.0 Å². The predicted molar refractivity (Wildman–Crippen MR) is 146 cm³/mol. The Morgan fingerprint density at radius 2 is 1.62 bits per heavy atom. The average molecular weight is 557 g/mol. The van der Waals surface area contributed by atoms with E-state index in [0.717, 1.165) is 69.9 Å². The first kappa shape index (κ1) is 27.4. The van der Waals surface area contributed by atoms with E-state index in [1.54, 1.807) is 12.1 Å². The second-order valence-corrected chi connectivity index (χ2v) is 12.3. The molecule has 11 heteroatoms. The molecule has 0 atom stereocenters. The van der Waals surface area contributed by atoms with Gasteiger partial charge in [-0.1, -0.05) is 6.07 Å². The van der Waals surface area contributed by atoms with E-state index in [4.69, 9.17) is 9.47 Å². The molecule has 3 aliphatic rings. The molecule has 2 aromatic rings. The molecule has 2 aliphatic heterocycles. The highest BCUT2D eigenvalue weighted by atomic mass is 32.2. The minimum absolute atomic E-state index is 0.0135. The van der Waals surface area contributed by atoms with Crippen molar-refractivity contribution in [2.24, 2.45) is 11.8 Å². The van der Waals surface area contributed by atoms with Crippen molar-refractivity contribution in [3.05, 3.63) is 48.0 Å². The number of fused-ring (bicyclic) bond motifs is 1. The highest BCUT2D eigenvalue weighted by Gasteiger charge is 2.31. The van der Waals surface area contributed by atoms with Crippen LogP contribution in [-0.2, 0) is 26.2 Å². The smallest absolute Gasteiger partial charge is 0.240 e. The van der Waals surface area contributed by atoms with Gasteiger partial charge in [0.2, 0.25) is 28.6 Å². The quantitative estimate of drug-likeness (QED) is 0.514. The molecule has 0 bridgehead atoms. The zero-order valence-electron chi connectivity index (χ0n) is 22.2. The Hall–Kier alpha value is -3.15. The maximum absolute atomic E-state index is 13.2. The van der Waals surface area contributed by atoms with Crippen LogP contribution in [0.3, 0.4) is 0 Å². The summed E-state index contributed by atoms with van der Waals surface area (Å²) in [5.74, 6) is 1.83. The summed E-state index contributed by atoms with van der Waals surface area (Å²) in [6.45, 7) is 5.97. The molecule has 210 valence electrons. The molecule has 2 heterocycles. The van der Waals surface area contributed by atoms with Gasteiger partial charge in [-0.2, -0.15) is 0 Å². The number of sulfonamides is 1. The molecule has 1 saturated carbocycles. The van der Waals surface area contributed by atoms with Crippen LogP contribution >= 0.6 is 0 Å². The lowest BCUT2D eigenvalue weighted by Crippen LogP contribution is -2.50. The van der Waals surface area contributed by atoms with Gasteiger partial charge >= 0.3 is 0 Å². The molecule has 1 aliphatic carbocycles. The van der Waals surface area contributed by atoms with Crippen LogP contribution in [0.25, 0.3) is 0 Å². The van der Waals surface area contributed by atoms with Gasteiger partial charge in [-0.25, -0.2) is 13.1 Å². The third-order valence-electron chi connectivity index (χ3n) is 7.77. The van der Waals surface area contributed by atoms with Crippen LogP contribution in [0.15, 0.2) is 47.4 Å². The van der Waals surface area contributed by atoms with Gasteiger partial charge in [0.25, 0.3) is 0 Å². The van der Waals surface area contributed by atoms with E-state index in [9.17, 15) is 18.0 Å². The first-order valence-corrected chi connectivity index (χ1v) is 15.0. The van der Waals surface area contributed by atoms with Crippen molar-refractivity contribution in [2.75, 3.05) is 44.8 Å². The van der Waals surface area contributed by atoms with Crippen LogP contribution < -0.4 is 19.5 Å². The monoisotopic (exact) mass is 556 g/mol. The first-order chi connectivity index (χ1) is 18.8. The lowest BCUT2D eigenvalue weighted by molar-refractivity contribution is -0.138. The van der Waals surface area contributed by atoms with E-state index in [0.29, 0.717) is 12.2 Å². The van der Waals surface area contributed by atoms with Gasteiger partial charge in [0.05, 0.1) is 4.90 Å². The number of amides is 2. The number of nitrogens with zero attached hydrogens (tertiary/aromatic N) is 2. The van der Waals surface area contributed by atoms with Crippen LogP contribution in [0.1, 0.15) is 38.2 Å². The fourth-order valence-electron chi connectivity index (χ4n) is 5.53. The number of nitrogens with one attached hydrogen (secondary N) is 2. The molecule has 1 saturated heterocycles. The Balaban J connectivity index is 1.03. The second kappa shape index (κ2) is 11.9. The van der Waals surface area contributed by atoms with Crippen molar-refractivity contribution in [1.29, 1.82) is 0 Å². The molecule has 0 unspecified atom stereocenters. The van der Waals surface area contributed by atoms with Crippen LogP contribution in [0.5, 0.6) is 11.5 Å². The summed E-state index contributed by atoms with van der Waals surface area (Å²) in [7, 11) is -3.64. The van der Waals surface area contributed by atoms with Gasteiger partial charge in [-0.05, 0) is 73.6 Å². The van der Waals surface area contributed by atoms with Gasteiger partial charge in [0.15, 0.2) is 11.5 Å². The molecule has 10 nitrogen and oxygen atoms in total. The summed E-state index contributed by atoms with van der Waals surface area (Å²) < 4.78 is 39.0. The number of hydrogen-bond acceptors (Lipinski definition) is 7. The van der Waals surface area contributed by atoms with Crippen molar-refractivity contribution in [1.82, 2.24) is 14.5 Å². The number of anilines is 1. The fourth-order valence-corrected chi connectivity index (χ4v) is 6.64. The number of rotatable bonds is 8. The summed E-state index contributed by atoms with van der Waals surface area (Å²) in [6, 6.07) is 12.2. The Labute approximate surface area is 229 Å². The summed E-state index contributed by atoms with van der Waals surface area (Å²) in [5, 5.41) is 2.63. The third kappa shape index (κ3) is 6.90. The van der Waals surface area contributed by atoms with Crippen molar-refractivity contribution in [3.8, 4) is 11.5 Å². The van der Waals surface area contributed by atoms with Crippen molar-refractivity contribution in [3.63, 3.8) is 0 Å².